The number of amides is 1. The van der Waals surface area contributed by atoms with Crippen LogP contribution in [0.15, 0.2) is 28.7 Å². The highest BCUT2D eigenvalue weighted by Gasteiger charge is 2.66. The Balaban J connectivity index is 1.93. The maximum absolute atomic E-state index is 14.4. The third-order valence-corrected chi connectivity index (χ3v) is 9.45. The number of benzene rings is 1. The minimum atomic E-state index is -2.76. The number of fused-ring (bicyclic) bond motifs is 3. The van der Waals surface area contributed by atoms with Gasteiger partial charge in [-0.2, -0.15) is 0 Å². The summed E-state index contributed by atoms with van der Waals surface area (Å²) in [6, 6.07) is 0.742. The third-order valence-electron chi connectivity index (χ3n) is 9.45. The van der Waals surface area contributed by atoms with Crippen molar-refractivity contribution in [2.24, 2.45) is 17.4 Å². The monoisotopic (exact) mass is 613 g/mol. The standard InChI is InChI=1S/C32H47N5O7/c1-7-9-11-37(12-10-8-2)16-17-13-20(35(3)4)18-14-31(34)15-19-24(36(5)6)27(40)22(30(33)43)28(41)32(19,44)29(42)23(31)26(39)21(18)25(17)38/h13,19,24,38,40,42,44H,7-12,14-16,34H2,1-6H3,(H2,33,43)/t19-,24?,31+,32+/m0/s1. The fourth-order valence-corrected chi connectivity index (χ4v) is 7.25. The van der Waals surface area contributed by atoms with E-state index in [4.69, 9.17) is 11.5 Å². The molecule has 12 nitrogen and oxygen atoms in total. The molecule has 0 spiro atoms. The molecule has 44 heavy (non-hydrogen) atoms. The number of carbonyl (C=O) groups is 3. The van der Waals surface area contributed by atoms with Crippen molar-refractivity contribution in [2.45, 2.75) is 76.1 Å². The maximum atomic E-state index is 14.4. The number of likely N-dealkylation sites (N-methyl/N-ethyl adjacent to an activating group) is 1. The molecule has 4 rings (SSSR count). The van der Waals surface area contributed by atoms with Crippen molar-refractivity contribution in [3.8, 4) is 5.75 Å². The third kappa shape index (κ3) is 5.17. The lowest BCUT2D eigenvalue weighted by atomic mass is 9.56. The number of hydrogen-bond acceptors (Lipinski definition) is 11. The van der Waals surface area contributed by atoms with Crippen molar-refractivity contribution in [3.05, 3.63) is 45.4 Å². The van der Waals surface area contributed by atoms with Gasteiger partial charge < -0.3 is 36.8 Å². The van der Waals surface area contributed by atoms with Crippen molar-refractivity contribution in [3.63, 3.8) is 0 Å². The Morgan fingerprint density at radius 1 is 1.05 bits per heavy atom. The maximum Gasteiger partial charge on any atom is 0.255 e. The minimum absolute atomic E-state index is 0.00171. The number of anilines is 1. The lowest BCUT2D eigenvalue weighted by molar-refractivity contribution is -0.148. The van der Waals surface area contributed by atoms with Crippen LogP contribution in [0.4, 0.5) is 5.69 Å². The van der Waals surface area contributed by atoms with E-state index in [2.05, 4.69) is 18.7 Å². The molecule has 12 heteroatoms. The van der Waals surface area contributed by atoms with Crippen LogP contribution >= 0.6 is 0 Å². The highest BCUT2D eigenvalue weighted by molar-refractivity contribution is 6.25. The van der Waals surface area contributed by atoms with E-state index in [0.29, 0.717) is 23.4 Å². The zero-order chi connectivity index (χ0) is 32.9. The molecule has 0 saturated heterocycles. The van der Waals surface area contributed by atoms with Gasteiger partial charge in [0.2, 0.25) is 5.78 Å². The molecular weight excluding hydrogens is 566 g/mol. The van der Waals surface area contributed by atoms with Gasteiger partial charge in [-0.25, -0.2) is 0 Å². The zero-order valence-corrected chi connectivity index (χ0v) is 26.6. The van der Waals surface area contributed by atoms with Crippen molar-refractivity contribution in [1.29, 1.82) is 0 Å². The normalized spacial score (nSPS) is 26.7. The molecule has 0 saturated carbocycles. The van der Waals surface area contributed by atoms with Gasteiger partial charge in [-0.1, -0.05) is 26.7 Å². The summed E-state index contributed by atoms with van der Waals surface area (Å²) in [5.41, 5.74) is 8.46. The topological polar surface area (TPSA) is 194 Å². The van der Waals surface area contributed by atoms with Crippen LogP contribution in [0.25, 0.3) is 0 Å². The summed E-state index contributed by atoms with van der Waals surface area (Å²) in [5.74, 6) is -6.45. The van der Waals surface area contributed by atoms with Crippen LogP contribution in [0, 0.1) is 5.92 Å². The number of phenolic OH excluding ortho intramolecular Hbond substituents is 1. The second kappa shape index (κ2) is 12.2. The summed E-state index contributed by atoms with van der Waals surface area (Å²) in [6.07, 6.45) is 3.77. The van der Waals surface area contributed by atoms with Crippen molar-refractivity contribution in [2.75, 3.05) is 46.2 Å². The van der Waals surface area contributed by atoms with Gasteiger partial charge >= 0.3 is 0 Å². The fourth-order valence-electron chi connectivity index (χ4n) is 7.25. The van der Waals surface area contributed by atoms with E-state index in [1.807, 2.05) is 25.1 Å². The highest BCUT2D eigenvalue weighted by Crippen LogP contribution is 2.54. The lowest BCUT2D eigenvalue weighted by Gasteiger charge is -2.53. The van der Waals surface area contributed by atoms with Crippen molar-refractivity contribution >= 4 is 23.2 Å². The number of Topliss-reactive ketones (excluding diaryl/α,β-unsaturated/α-hetero) is 2. The Labute approximate surface area is 258 Å². The smallest absolute Gasteiger partial charge is 0.255 e. The molecule has 1 unspecified atom stereocenters. The molecule has 0 radical (unpaired) electrons. The fraction of sp³-hybridized carbons (Fsp3) is 0.594. The van der Waals surface area contributed by atoms with Crippen LogP contribution in [0.1, 0.15) is 67.4 Å². The summed E-state index contributed by atoms with van der Waals surface area (Å²) >= 11 is 0. The Kier molecular flexibility index (Phi) is 9.24. The molecule has 0 fully saturated rings. The Morgan fingerprint density at radius 3 is 2.14 bits per heavy atom. The number of aliphatic hydroxyl groups is 3. The minimum Gasteiger partial charge on any atom is -0.510 e. The number of nitrogens with two attached hydrogens (primary N) is 2. The number of hydrogen-bond donors (Lipinski definition) is 6. The molecule has 0 aromatic heterocycles. The van der Waals surface area contributed by atoms with E-state index in [1.54, 1.807) is 14.1 Å². The number of aromatic hydroxyl groups is 1. The van der Waals surface area contributed by atoms with E-state index in [-0.39, 0.29) is 24.2 Å². The second-order valence-corrected chi connectivity index (χ2v) is 13.0. The van der Waals surface area contributed by atoms with Gasteiger partial charge in [0.1, 0.15) is 22.8 Å². The van der Waals surface area contributed by atoms with Crippen LogP contribution in [0.5, 0.6) is 5.75 Å². The predicted octanol–water partition coefficient (Wildman–Crippen LogP) is 1.67. The zero-order valence-electron chi connectivity index (χ0n) is 26.6. The van der Waals surface area contributed by atoms with Crippen molar-refractivity contribution in [1.82, 2.24) is 9.80 Å². The summed E-state index contributed by atoms with van der Waals surface area (Å²) in [6.45, 7) is 6.26. The summed E-state index contributed by atoms with van der Waals surface area (Å²) < 4.78 is 0. The molecule has 0 aliphatic heterocycles. The SMILES string of the molecule is CCCCN(CCCC)Cc1cc(N(C)C)c2c(c1O)C(=O)C1=C(O)[C@]3(O)C(=O)C(C(N)=O)=C(O)C(N(C)C)[C@@H]3C[C@]1(N)C2. The van der Waals surface area contributed by atoms with Crippen LogP contribution < -0.4 is 16.4 Å². The van der Waals surface area contributed by atoms with Gasteiger partial charge in [-0.05, 0) is 64.5 Å². The molecule has 3 aliphatic carbocycles. The Morgan fingerprint density at radius 2 is 1.64 bits per heavy atom. The first-order chi connectivity index (χ1) is 20.6. The predicted molar refractivity (Wildman–Crippen MR) is 167 cm³/mol. The lowest BCUT2D eigenvalue weighted by Crippen LogP contribution is -2.68. The molecule has 1 aromatic rings. The van der Waals surface area contributed by atoms with Gasteiger partial charge in [-0.15, -0.1) is 0 Å². The first-order valence-electron chi connectivity index (χ1n) is 15.3. The molecule has 0 heterocycles. The molecule has 1 amide bonds. The van der Waals surface area contributed by atoms with Crippen LogP contribution in [0.3, 0.4) is 0 Å². The van der Waals surface area contributed by atoms with Gasteiger partial charge in [0.05, 0.1) is 22.7 Å². The van der Waals surface area contributed by atoms with Crippen LogP contribution in [0.2, 0.25) is 0 Å². The molecule has 0 bridgehead atoms. The van der Waals surface area contributed by atoms with E-state index >= 15 is 0 Å². The average Bonchev–Trinajstić information content (AvgIpc) is 2.92. The number of carbonyl (C=O) groups excluding carboxylic acids is 3. The molecule has 242 valence electrons. The van der Waals surface area contributed by atoms with Crippen molar-refractivity contribution < 1.29 is 34.8 Å². The first-order valence-corrected chi connectivity index (χ1v) is 15.3. The summed E-state index contributed by atoms with van der Waals surface area (Å²) in [5, 5.41) is 46.2. The number of unbranched alkanes of at least 4 members (excludes halogenated alkanes) is 2. The second-order valence-electron chi connectivity index (χ2n) is 13.0. The van der Waals surface area contributed by atoms with Gasteiger partial charge in [-0.3, -0.25) is 24.2 Å². The van der Waals surface area contributed by atoms with Crippen LogP contribution in [-0.4, -0.2) is 106 Å². The molecule has 3 aliphatic rings. The van der Waals surface area contributed by atoms with E-state index in [1.165, 1.54) is 4.90 Å². The number of aliphatic hydroxyl groups excluding tert-OH is 2. The van der Waals surface area contributed by atoms with Gasteiger partial charge in [0, 0.05) is 37.8 Å². The molecule has 4 atom stereocenters. The number of primary amides is 1. The molecule has 8 N–H and O–H groups in total. The van der Waals surface area contributed by atoms with E-state index < -0.39 is 63.2 Å². The van der Waals surface area contributed by atoms with E-state index in [9.17, 15) is 34.8 Å². The summed E-state index contributed by atoms with van der Waals surface area (Å²) in [7, 11) is 6.80. The molecular formula is C32H47N5O7. The van der Waals surface area contributed by atoms with E-state index in [0.717, 1.165) is 38.8 Å². The van der Waals surface area contributed by atoms with Crippen LogP contribution in [-0.2, 0) is 22.6 Å². The number of nitrogens with zero attached hydrogens (tertiary/aromatic N) is 3. The first kappa shape index (κ1) is 33.4. The average molecular weight is 614 g/mol. The Hall–Kier alpha value is -3.45. The largest absolute Gasteiger partial charge is 0.510 e. The Bertz CT molecular complexity index is 1430. The van der Waals surface area contributed by atoms with Gasteiger partial charge in [0.15, 0.2) is 11.4 Å². The quantitative estimate of drug-likeness (QED) is 0.199. The number of ketones is 2. The number of rotatable bonds is 11. The number of phenols is 1. The summed E-state index contributed by atoms with van der Waals surface area (Å²) in [4.78, 5) is 45.8. The van der Waals surface area contributed by atoms with Gasteiger partial charge in [0.25, 0.3) is 5.91 Å². The molecule has 1 aromatic carbocycles. The highest BCUT2D eigenvalue weighted by atomic mass is 16.3.